The number of fused-ring (bicyclic) bond motifs is 1. The van der Waals surface area contributed by atoms with Gasteiger partial charge in [0.25, 0.3) is 0 Å². The van der Waals surface area contributed by atoms with Crippen LogP contribution in [0.15, 0.2) is 29.1 Å². The molecule has 0 unspecified atom stereocenters. The van der Waals surface area contributed by atoms with Crippen LogP contribution in [0.25, 0.3) is 11.0 Å². The summed E-state index contributed by atoms with van der Waals surface area (Å²) in [5, 5.41) is 8.26. The number of rotatable bonds is 5. The van der Waals surface area contributed by atoms with E-state index in [0.717, 1.165) is 17.9 Å². The van der Waals surface area contributed by atoms with E-state index in [2.05, 4.69) is 36.3 Å². The molecule has 126 valence electrons. The molecular formula is C16H16BrF2N5. The standard InChI is InChI=1S/C16H16BrF2N5/c1-3-4-12(10-6-5-9(18)7-11(10)19)22-15-13-14(17)23-24(2)16(13)21-8-20-15/h5-8,12H,3-4H2,1-2H3,(H,20,21,22)/t12-/m0/s1. The molecule has 0 aliphatic carbocycles. The highest BCUT2D eigenvalue weighted by atomic mass is 79.9. The van der Waals surface area contributed by atoms with Gasteiger partial charge < -0.3 is 5.32 Å². The second kappa shape index (κ2) is 6.80. The summed E-state index contributed by atoms with van der Waals surface area (Å²) in [5.41, 5.74) is 1.07. The summed E-state index contributed by atoms with van der Waals surface area (Å²) in [6.07, 6.45) is 2.94. The van der Waals surface area contributed by atoms with Crippen LogP contribution in [0.2, 0.25) is 0 Å². The van der Waals surface area contributed by atoms with Gasteiger partial charge in [0.2, 0.25) is 0 Å². The molecule has 2 heterocycles. The fourth-order valence-corrected chi connectivity index (χ4v) is 3.30. The maximum Gasteiger partial charge on any atom is 0.164 e. The van der Waals surface area contributed by atoms with Crippen molar-refractivity contribution in [2.75, 3.05) is 5.32 Å². The van der Waals surface area contributed by atoms with Crippen LogP contribution >= 0.6 is 15.9 Å². The minimum atomic E-state index is -0.592. The molecule has 2 aromatic heterocycles. The van der Waals surface area contributed by atoms with Crippen LogP contribution < -0.4 is 5.32 Å². The number of benzene rings is 1. The number of aryl methyl sites for hydroxylation is 1. The monoisotopic (exact) mass is 395 g/mol. The predicted octanol–water partition coefficient (Wildman–Crippen LogP) is 4.36. The lowest BCUT2D eigenvalue weighted by Gasteiger charge is -2.20. The van der Waals surface area contributed by atoms with Crippen LogP contribution in [0.3, 0.4) is 0 Å². The predicted molar refractivity (Wildman–Crippen MR) is 91.6 cm³/mol. The van der Waals surface area contributed by atoms with E-state index >= 15 is 0 Å². The number of aromatic nitrogens is 4. The van der Waals surface area contributed by atoms with E-state index in [-0.39, 0.29) is 6.04 Å². The molecule has 5 nitrogen and oxygen atoms in total. The average Bonchev–Trinajstić information content (AvgIpc) is 2.83. The van der Waals surface area contributed by atoms with Crippen LogP contribution in [-0.4, -0.2) is 19.7 Å². The molecule has 1 aromatic carbocycles. The van der Waals surface area contributed by atoms with Crippen molar-refractivity contribution in [2.24, 2.45) is 7.05 Å². The van der Waals surface area contributed by atoms with Crippen LogP contribution in [0, 0.1) is 11.6 Å². The molecule has 1 N–H and O–H groups in total. The summed E-state index contributed by atoms with van der Waals surface area (Å²) in [5.74, 6) is -0.607. The highest BCUT2D eigenvalue weighted by Crippen LogP contribution is 2.31. The first-order valence-electron chi connectivity index (χ1n) is 7.56. The lowest BCUT2D eigenvalue weighted by atomic mass is 10.0. The molecule has 0 aliphatic heterocycles. The number of nitrogens with one attached hydrogen (secondary N) is 1. The molecular weight excluding hydrogens is 380 g/mol. The molecule has 0 amide bonds. The van der Waals surface area contributed by atoms with E-state index in [1.807, 2.05) is 6.92 Å². The molecule has 0 spiro atoms. The molecule has 0 saturated heterocycles. The first-order valence-corrected chi connectivity index (χ1v) is 8.35. The largest absolute Gasteiger partial charge is 0.362 e. The van der Waals surface area contributed by atoms with Crippen molar-refractivity contribution in [1.29, 1.82) is 0 Å². The highest BCUT2D eigenvalue weighted by Gasteiger charge is 2.20. The Morgan fingerprint density at radius 2 is 2.08 bits per heavy atom. The Balaban J connectivity index is 2.03. The number of hydrogen-bond donors (Lipinski definition) is 1. The molecule has 1 atom stereocenters. The fraction of sp³-hybridized carbons (Fsp3) is 0.312. The summed E-state index contributed by atoms with van der Waals surface area (Å²) in [6, 6.07) is 3.29. The minimum Gasteiger partial charge on any atom is -0.362 e. The fourth-order valence-electron chi connectivity index (χ4n) is 2.69. The molecule has 0 bridgehead atoms. The highest BCUT2D eigenvalue weighted by molar-refractivity contribution is 9.10. The van der Waals surface area contributed by atoms with Crippen molar-refractivity contribution >= 4 is 32.8 Å². The summed E-state index contributed by atoms with van der Waals surface area (Å²) in [4.78, 5) is 8.49. The van der Waals surface area contributed by atoms with Crippen LogP contribution in [-0.2, 0) is 7.05 Å². The second-order valence-corrected chi connectivity index (χ2v) is 6.24. The summed E-state index contributed by atoms with van der Waals surface area (Å²) >= 11 is 3.40. The second-order valence-electron chi connectivity index (χ2n) is 5.49. The van der Waals surface area contributed by atoms with E-state index in [0.29, 0.717) is 28.1 Å². The van der Waals surface area contributed by atoms with E-state index in [9.17, 15) is 8.78 Å². The van der Waals surface area contributed by atoms with Crippen molar-refractivity contribution in [3.8, 4) is 0 Å². The summed E-state index contributed by atoms with van der Waals surface area (Å²) < 4.78 is 29.6. The number of nitrogens with zero attached hydrogens (tertiary/aromatic N) is 4. The third-order valence-electron chi connectivity index (χ3n) is 3.80. The minimum absolute atomic E-state index is 0.333. The first-order chi connectivity index (χ1) is 11.5. The van der Waals surface area contributed by atoms with Gasteiger partial charge in [0, 0.05) is 18.7 Å². The smallest absolute Gasteiger partial charge is 0.164 e. The van der Waals surface area contributed by atoms with E-state index < -0.39 is 11.6 Å². The van der Waals surface area contributed by atoms with Crippen LogP contribution in [0.1, 0.15) is 31.4 Å². The van der Waals surface area contributed by atoms with Gasteiger partial charge in [0.05, 0.1) is 11.4 Å². The van der Waals surface area contributed by atoms with Gasteiger partial charge in [-0.05, 0) is 28.4 Å². The zero-order chi connectivity index (χ0) is 17.3. The Morgan fingerprint density at radius 3 is 2.79 bits per heavy atom. The SMILES string of the molecule is CCC[C@H](Nc1ncnc2c1c(Br)nn2C)c1ccc(F)cc1F. The van der Waals surface area contributed by atoms with Crippen LogP contribution in [0.5, 0.6) is 0 Å². The van der Waals surface area contributed by atoms with E-state index in [1.165, 1.54) is 18.5 Å². The Hall–Kier alpha value is -2.09. The van der Waals surface area contributed by atoms with Crippen LogP contribution in [0.4, 0.5) is 14.6 Å². The van der Waals surface area contributed by atoms with Crippen molar-refractivity contribution in [1.82, 2.24) is 19.7 Å². The molecule has 0 radical (unpaired) electrons. The van der Waals surface area contributed by atoms with Crippen molar-refractivity contribution < 1.29 is 8.78 Å². The van der Waals surface area contributed by atoms with Gasteiger partial charge in [-0.1, -0.05) is 19.4 Å². The van der Waals surface area contributed by atoms with Gasteiger partial charge >= 0.3 is 0 Å². The summed E-state index contributed by atoms with van der Waals surface area (Å²) in [6.45, 7) is 2.01. The van der Waals surface area contributed by atoms with Crippen molar-refractivity contribution in [3.63, 3.8) is 0 Å². The van der Waals surface area contributed by atoms with Gasteiger partial charge in [-0.2, -0.15) is 5.10 Å². The van der Waals surface area contributed by atoms with E-state index in [1.54, 1.807) is 11.7 Å². The Morgan fingerprint density at radius 1 is 1.29 bits per heavy atom. The quantitative estimate of drug-likeness (QED) is 0.697. The molecule has 24 heavy (non-hydrogen) atoms. The Labute approximate surface area is 146 Å². The van der Waals surface area contributed by atoms with Gasteiger partial charge in [0.1, 0.15) is 28.4 Å². The summed E-state index contributed by atoms with van der Waals surface area (Å²) in [7, 11) is 1.78. The number of halogens is 3. The topological polar surface area (TPSA) is 55.6 Å². The molecule has 3 aromatic rings. The molecule has 8 heteroatoms. The molecule has 3 rings (SSSR count). The third-order valence-corrected chi connectivity index (χ3v) is 4.36. The molecule has 0 aliphatic rings. The normalized spacial score (nSPS) is 12.5. The van der Waals surface area contributed by atoms with Gasteiger partial charge in [0.15, 0.2) is 5.65 Å². The van der Waals surface area contributed by atoms with E-state index in [4.69, 9.17) is 0 Å². The van der Waals surface area contributed by atoms with Gasteiger partial charge in [-0.3, -0.25) is 0 Å². The zero-order valence-electron chi connectivity index (χ0n) is 13.2. The zero-order valence-corrected chi connectivity index (χ0v) is 14.8. The van der Waals surface area contributed by atoms with Crippen molar-refractivity contribution in [2.45, 2.75) is 25.8 Å². The Bertz CT molecular complexity index is 880. The lowest BCUT2D eigenvalue weighted by Crippen LogP contribution is -2.14. The average molecular weight is 396 g/mol. The number of anilines is 1. The third kappa shape index (κ3) is 3.10. The molecule has 0 fully saturated rings. The first kappa shape index (κ1) is 16.8. The molecule has 0 saturated carbocycles. The van der Waals surface area contributed by atoms with Crippen molar-refractivity contribution in [3.05, 3.63) is 46.3 Å². The maximum absolute atomic E-state index is 14.2. The maximum atomic E-state index is 14.2. The number of hydrogen-bond acceptors (Lipinski definition) is 4. The Kier molecular flexibility index (Phi) is 4.75. The van der Waals surface area contributed by atoms with Gasteiger partial charge in [-0.25, -0.2) is 23.4 Å². The van der Waals surface area contributed by atoms with Gasteiger partial charge in [-0.15, -0.1) is 0 Å². The lowest BCUT2D eigenvalue weighted by molar-refractivity contribution is 0.551.